The number of ketones is 1. The normalized spacial score (nSPS) is 12.2. The summed E-state index contributed by atoms with van der Waals surface area (Å²) >= 11 is 0. The molecule has 1 aliphatic rings. The lowest BCUT2D eigenvalue weighted by Gasteiger charge is -2.15. The average Bonchev–Trinajstić information content (AvgIpc) is 3.06. The predicted octanol–water partition coefficient (Wildman–Crippen LogP) is 1.63. The topological polar surface area (TPSA) is 146 Å². The monoisotopic (exact) mass is 453 g/mol. The summed E-state index contributed by atoms with van der Waals surface area (Å²) in [6, 6.07) is 8.75. The Morgan fingerprint density at radius 2 is 1.94 bits per heavy atom. The minimum absolute atomic E-state index is 0.00960. The minimum Gasteiger partial charge on any atom is -0.507 e. The Morgan fingerprint density at radius 3 is 2.61 bits per heavy atom. The van der Waals surface area contributed by atoms with E-state index in [1.54, 1.807) is 25.1 Å². The molecule has 0 spiro atoms. The standard InChI is InChI=1S/C23H23N3O7/c1-3-32-21(30)12-33-16-5-7-18(19(28)9-16)20(29)11-26-10-15-8-14(22(24)25-13(2)27)4-6-17(15)23(26)31/h4-9,28H,3,10-12H2,1-2H3,(H2,24,25,27). The van der Waals surface area contributed by atoms with E-state index in [0.717, 1.165) is 0 Å². The van der Waals surface area contributed by atoms with E-state index in [0.29, 0.717) is 16.7 Å². The summed E-state index contributed by atoms with van der Waals surface area (Å²) in [6.45, 7) is 2.75. The molecule has 3 N–H and O–H groups in total. The first-order valence-electron chi connectivity index (χ1n) is 10.1. The van der Waals surface area contributed by atoms with E-state index in [9.17, 15) is 24.3 Å². The van der Waals surface area contributed by atoms with Gasteiger partial charge in [-0.3, -0.25) is 19.8 Å². The van der Waals surface area contributed by atoms with Gasteiger partial charge in [-0.1, -0.05) is 6.07 Å². The van der Waals surface area contributed by atoms with Crippen LogP contribution < -0.4 is 10.1 Å². The van der Waals surface area contributed by atoms with E-state index in [2.05, 4.69) is 5.32 Å². The number of phenols is 1. The molecule has 0 bridgehead atoms. The highest BCUT2D eigenvalue weighted by atomic mass is 16.6. The third-order valence-electron chi connectivity index (χ3n) is 4.84. The number of carbonyl (C=O) groups is 4. The third kappa shape index (κ3) is 5.53. The molecule has 1 heterocycles. The first-order valence-corrected chi connectivity index (χ1v) is 10.1. The van der Waals surface area contributed by atoms with Crippen LogP contribution in [0.2, 0.25) is 0 Å². The van der Waals surface area contributed by atoms with E-state index in [1.807, 2.05) is 0 Å². The van der Waals surface area contributed by atoms with Gasteiger partial charge < -0.3 is 24.8 Å². The van der Waals surface area contributed by atoms with Crippen LogP contribution in [0, 0.1) is 5.41 Å². The van der Waals surface area contributed by atoms with Crippen molar-refractivity contribution in [3.05, 3.63) is 58.7 Å². The Morgan fingerprint density at radius 1 is 1.18 bits per heavy atom. The van der Waals surface area contributed by atoms with E-state index in [4.69, 9.17) is 14.9 Å². The Labute approximate surface area is 189 Å². The van der Waals surface area contributed by atoms with E-state index in [1.165, 1.54) is 30.0 Å². The summed E-state index contributed by atoms with van der Waals surface area (Å²) in [7, 11) is 0. The molecule has 172 valence electrons. The van der Waals surface area contributed by atoms with Gasteiger partial charge in [-0.2, -0.15) is 0 Å². The molecule has 2 amide bonds. The summed E-state index contributed by atoms with van der Waals surface area (Å²) in [6.07, 6.45) is 0. The Balaban J connectivity index is 1.66. The van der Waals surface area contributed by atoms with Crippen molar-refractivity contribution < 1.29 is 33.8 Å². The molecule has 0 fully saturated rings. The first-order chi connectivity index (χ1) is 15.7. The number of amides is 2. The molecule has 33 heavy (non-hydrogen) atoms. The Bertz CT molecular complexity index is 1140. The number of amidine groups is 1. The zero-order valence-corrected chi connectivity index (χ0v) is 18.1. The van der Waals surface area contributed by atoms with E-state index >= 15 is 0 Å². The smallest absolute Gasteiger partial charge is 0.344 e. The molecule has 10 heteroatoms. The van der Waals surface area contributed by atoms with Crippen molar-refractivity contribution in [2.45, 2.75) is 20.4 Å². The van der Waals surface area contributed by atoms with Gasteiger partial charge in [0.15, 0.2) is 12.4 Å². The van der Waals surface area contributed by atoms with Crippen molar-refractivity contribution in [3.63, 3.8) is 0 Å². The highest BCUT2D eigenvalue weighted by Crippen LogP contribution is 2.27. The maximum Gasteiger partial charge on any atom is 0.344 e. The molecular weight excluding hydrogens is 430 g/mol. The van der Waals surface area contributed by atoms with Crippen LogP contribution in [0.15, 0.2) is 36.4 Å². The van der Waals surface area contributed by atoms with Gasteiger partial charge >= 0.3 is 5.97 Å². The summed E-state index contributed by atoms with van der Waals surface area (Å²) in [5.41, 5.74) is 1.50. The second kappa shape index (κ2) is 9.94. The van der Waals surface area contributed by atoms with Crippen molar-refractivity contribution in [2.75, 3.05) is 19.8 Å². The van der Waals surface area contributed by atoms with Crippen LogP contribution in [0.4, 0.5) is 0 Å². The van der Waals surface area contributed by atoms with Crippen molar-refractivity contribution in [3.8, 4) is 11.5 Å². The summed E-state index contributed by atoms with van der Waals surface area (Å²) < 4.78 is 9.99. The molecule has 0 saturated heterocycles. The molecule has 2 aromatic rings. The number of ether oxygens (including phenoxy) is 2. The lowest BCUT2D eigenvalue weighted by Crippen LogP contribution is -2.30. The fraction of sp³-hybridized carbons (Fsp3) is 0.261. The average molecular weight is 453 g/mol. The minimum atomic E-state index is -0.556. The SMILES string of the molecule is CCOC(=O)COc1ccc(C(=O)CN2Cc3cc(C(=N)NC(C)=O)ccc3C2=O)c(O)c1. The summed E-state index contributed by atoms with van der Waals surface area (Å²) in [5.74, 6) is -1.97. The molecule has 0 aromatic heterocycles. The molecule has 0 saturated carbocycles. The van der Waals surface area contributed by atoms with Gasteiger partial charge in [0.2, 0.25) is 5.91 Å². The number of nitrogens with one attached hydrogen (secondary N) is 2. The van der Waals surface area contributed by atoms with Gasteiger partial charge in [0.1, 0.15) is 17.3 Å². The Kier molecular flexibility index (Phi) is 7.07. The highest BCUT2D eigenvalue weighted by Gasteiger charge is 2.30. The van der Waals surface area contributed by atoms with Crippen LogP contribution in [0.25, 0.3) is 0 Å². The van der Waals surface area contributed by atoms with Gasteiger partial charge in [0, 0.05) is 30.7 Å². The zero-order chi connectivity index (χ0) is 24.1. The molecule has 0 aliphatic carbocycles. The van der Waals surface area contributed by atoms with Crippen LogP contribution in [0.3, 0.4) is 0 Å². The second-order valence-electron chi connectivity index (χ2n) is 7.29. The quantitative estimate of drug-likeness (QED) is 0.238. The van der Waals surface area contributed by atoms with E-state index < -0.39 is 11.8 Å². The molecule has 1 aliphatic heterocycles. The maximum atomic E-state index is 12.7. The van der Waals surface area contributed by atoms with Gasteiger partial charge in [-0.05, 0) is 36.8 Å². The molecule has 10 nitrogen and oxygen atoms in total. The number of aromatic hydroxyl groups is 1. The number of Topliss-reactive ketones (excluding diaryl/α,β-unsaturated/α-hetero) is 1. The lowest BCUT2D eigenvalue weighted by molar-refractivity contribution is -0.145. The number of carbonyl (C=O) groups excluding carboxylic acids is 4. The number of hydrogen-bond donors (Lipinski definition) is 3. The number of rotatable bonds is 8. The molecule has 3 rings (SSSR count). The number of phenolic OH excluding ortho intramolecular Hbond substituents is 1. The van der Waals surface area contributed by atoms with Crippen LogP contribution in [-0.2, 0) is 20.9 Å². The maximum absolute atomic E-state index is 12.7. The molecule has 0 unspecified atom stereocenters. The fourth-order valence-corrected chi connectivity index (χ4v) is 3.35. The Hall–Kier alpha value is -4.21. The number of esters is 1. The fourth-order valence-electron chi connectivity index (χ4n) is 3.35. The van der Waals surface area contributed by atoms with Crippen molar-refractivity contribution in [1.29, 1.82) is 5.41 Å². The van der Waals surface area contributed by atoms with Crippen molar-refractivity contribution in [1.82, 2.24) is 10.2 Å². The lowest BCUT2D eigenvalue weighted by atomic mass is 10.1. The highest BCUT2D eigenvalue weighted by molar-refractivity contribution is 6.08. The van der Waals surface area contributed by atoms with Gasteiger partial charge in [0.25, 0.3) is 5.91 Å². The number of hydrogen-bond acceptors (Lipinski definition) is 8. The summed E-state index contributed by atoms with van der Waals surface area (Å²) in [5, 5.41) is 20.5. The van der Waals surface area contributed by atoms with Crippen molar-refractivity contribution in [2.24, 2.45) is 0 Å². The van der Waals surface area contributed by atoms with Crippen LogP contribution in [0.5, 0.6) is 11.5 Å². The molecule has 0 atom stereocenters. The molecule has 0 radical (unpaired) electrons. The predicted molar refractivity (Wildman–Crippen MR) is 116 cm³/mol. The van der Waals surface area contributed by atoms with Gasteiger partial charge in [0.05, 0.1) is 18.7 Å². The zero-order valence-electron chi connectivity index (χ0n) is 18.1. The van der Waals surface area contributed by atoms with Crippen molar-refractivity contribution >= 4 is 29.4 Å². The van der Waals surface area contributed by atoms with Crippen LogP contribution >= 0.6 is 0 Å². The molecular formula is C23H23N3O7. The van der Waals surface area contributed by atoms with Crippen LogP contribution in [0.1, 0.15) is 45.7 Å². The number of benzene rings is 2. The summed E-state index contributed by atoms with van der Waals surface area (Å²) in [4.78, 5) is 49.3. The number of fused-ring (bicyclic) bond motifs is 1. The number of nitrogens with zero attached hydrogens (tertiary/aromatic N) is 1. The third-order valence-corrected chi connectivity index (χ3v) is 4.84. The van der Waals surface area contributed by atoms with Gasteiger partial charge in [-0.15, -0.1) is 0 Å². The van der Waals surface area contributed by atoms with E-state index in [-0.39, 0.29) is 61.0 Å². The molecule has 2 aromatic carbocycles. The first kappa shape index (κ1) is 23.5. The largest absolute Gasteiger partial charge is 0.507 e. The van der Waals surface area contributed by atoms with Gasteiger partial charge in [-0.25, -0.2) is 4.79 Å². The second-order valence-corrected chi connectivity index (χ2v) is 7.29. The van der Waals surface area contributed by atoms with Crippen LogP contribution in [-0.4, -0.2) is 59.2 Å².